The number of rotatable bonds is 14. The van der Waals surface area contributed by atoms with Gasteiger partial charge in [0, 0.05) is 16.7 Å². The van der Waals surface area contributed by atoms with Crippen molar-refractivity contribution in [2.24, 2.45) is 5.92 Å². The Bertz CT molecular complexity index is 1580. The van der Waals surface area contributed by atoms with E-state index in [4.69, 9.17) is 4.74 Å². The van der Waals surface area contributed by atoms with Crippen LogP contribution in [-0.2, 0) is 6.42 Å². The largest absolute Gasteiger partial charge is 0.494 e. The molecule has 5 heteroatoms. The Kier molecular flexibility index (Phi) is 10.4. The van der Waals surface area contributed by atoms with Gasteiger partial charge in [-0.1, -0.05) is 114 Å². The van der Waals surface area contributed by atoms with Gasteiger partial charge in [0.15, 0.2) is 0 Å². The van der Waals surface area contributed by atoms with Gasteiger partial charge in [-0.15, -0.1) is 0 Å². The summed E-state index contributed by atoms with van der Waals surface area (Å²) in [7, 11) is 0. The summed E-state index contributed by atoms with van der Waals surface area (Å²) in [5.41, 5.74) is 8.34. The lowest BCUT2D eigenvalue weighted by atomic mass is 9.91. The van der Waals surface area contributed by atoms with Crippen molar-refractivity contribution in [1.82, 2.24) is 8.75 Å². The highest BCUT2D eigenvalue weighted by Crippen LogP contribution is 2.36. The number of aryl methyl sites for hydroxylation is 1. The molecule has 4 aromatic carbocycles. The van der Waals surface area contributed by atoms with Crippen LogP contribution in [0, 0.1) is 11.7 Å². The lowest BCUT2D eigenvalue weighted by Crippen LogP contribution is -2.01. The number of aromatic nitrogens is 2. The molecule has 3 nitrogen and oxygen atoms in total. The molecular formula is C37H41FN2OS. The van der Waals surface area contributed by atoms with Gasteiger partial charge in [0.25, 0.3) is 0 Å². The van der Waals surface area contributed by atoms with Crippen LogP contribution >= 0.6 is 11.7 Å². The normalized spacial score (nSPS) is 12.1. The number of halogens is 1. The zero-order valence-corrected chi connectivity index (χ0v) is 25.9. The van der Waals surface area contributed by atoms with Gasteiger partial charge >= 0.3 is 0 Å². The van der Waals surface area contributed by atoms with Gasteiger partial charge < -0.3 is 4.74 Å². The highest BCUT2D eigenvalue weighted by molar-refractivity contribution is 7.00. The second-order valence-electron chi connectivity index (χ2n) is 11.2. The van der Waals surface area contributed by atoms with E-state index in [-0.39, 0.29) is 5.82 Å². The number of hydrogen-bond acceptors (Lipinski definition) is 4. The monoisotopic (exact) mass is 580 g/mol. The minimum absolute atomic E-state index is 0.192. The van der Waals surface area contributed by atoms with Gasteiger partial charge in [-0.05, 0) is 65.6 Å². The Hall–Kier alpha value is -3.57. The molecule has 0 fully saturated rings. The molecule has 42 heavy (non-hydrogen) atoms. The first-order chi connectivity index (χ1) is 20.6. The maximum absolute atomic E-state index is 15.5. The van der Waals surface area contributed by atoms with E-state index in [0.717, 1.165) is 82.5 Å². The van der Waals surface area contributed by atoms with E-state index in [9.17, 15) is 0 Å². The average molecular weight is 581 g/mol. The molecule has 0 saturated carbocycles. The fraction of sp³-hybridized carbons (Fsp3) is 0.351. The predicted octanol–water partition coefficient (Wildman–Crippen LogP) is 11.2. The molecule has 0 amide bonds. The van der Waals surface area contributed by atoms with Crippen molar-refractivity contribution in [3.63, 3.8) is 0 Å². The van der Waals surface area contributed by atoms with Crippen LogP contribution in [-0.4, -0.2) is 15.4 Å². The van der Waals surface area contributed by atoms with Crippen LogP contribution in [0.2, 0.25) is 0 Å². The summed E-state index contributed by atoms with van der Waals surface area (Å²) in [6.07, 6.45) is 9.16. The first kappa shape index (κ1) is 29.9. The number of ether oxygens (including phenoxy) is 1. The van der Waals surface area contributed by atoms with Crippen molar-refractivity contribution in [2.45, 2.75) is 72.1 Å². The zero-order chi connectivity index (χ0) is 29.3. The third-order valence-electron chi connectivity index (χ3n) is 8.27. The van der Waals surface area contributed by atoms with Crippen molar-refractivity contribution in [3.8, 4) is 39.1 Å². The lowest BCUT2D eigenvalue weighted by molar-refractivity contribution is 0.309. The molecule has 5 rings (SSSR count). The smallest absolute Gasteiger partial charge is 0.131 e. The van der Waals surface area contributed by atoms with Crippen LogP contribution < -0.4 is 4.74 Å². The molecule has 1 unspecified atom stereocenters. The van der Waals surface area contributed by atoms with Crippen molar-refractivity contribution in [2.75, 3.05) is 6.61 Å². The maximum Gasteiger partial charge on any atom is 0.131 e. The van der Waals surface area contributed by atoms with Gasteiger partial charge in [0.05, 0.1) is 18.3 Å². The Balaban J connectivity index is 1.33. The molecule has 0 radical (unpaired) electrons. The van der Waals surface area contributed by atoms with Crippen molar-refractivity contribution < 1.29 is 9.13 Å². The first-order valence-corrected chi connectivity index (χ1v) is 16.2. The van der Waals surface area contributed by atoms with E-state index >= 15 is 4.39 Å². The van der Waals surface area contributed by atoms with Gasteiger partial charge in [-0.3, -0.25) is 0 Å². The highest BCUT2D eigenvalue weighted by atomic mass is 32.1. The second-order valence-corrected chi connectivity index (χ2v) is 11.7. The third-order valence-corrected chi connectivity index (χ3v) is 8.80. The maximum atomic E-state index is 15.5. The molecule has 0 saturated heterocycles. The summed E-state index contributed by atoms with van der Waals surface area (Å²) in [5.74, 6) is 1.42. The Morgan fingerprint density at radius 3 is 1.98 bits per heavy atom. The number of nitrogens with zero attached hydrogens (tertiary/aromatic N) is 2. The molecular weight excluding hydrogens is 539 g/mol. The molecule has 0 aliphatic rings. The Morgan fingerprint density at radius 2 is 1.31 bits per heavy atom. The zero-order valence-electron chi connectivity index (χ0n) is 25.0. The van der Waals surface area contributed by atoms with E-state index in [2.05, 4.69) is 72.0 Å². The summed E-state index contributed by atoms with van der Waals surface area (Å²) >= 11 is 1.17. The highest BCUT2D eigenvalue weighted by Gasteiger charge is 2.17. The number of benzene rings is 4. The molecule has 1 aromatic heterocycles. The molecule has 0 N–H and O–H groups in total. The van der Waals surface area contributed by atoms with Gasteiger partial charge in [0.2, 0.25) is 0 Å². The number of hydrogen-bond donors (Lipinski definition) is 0. The van der Waals surface area contributed by atoms with Crippen LogP contribution in [0.4, 0.5) is 4.39 Å². The summed E-state index contributed by atoms with van der Waals surface area (Å²) in [6, 6.07) is 26.5. The minimum Gasteiger partial charge on any atom is -0.494 e. The topological polar surface area (TPSA) is 35.0 Å². The van der Waals surface area contributed by atoms with E-state index < -0.39 is 0 Å². The number of fused-ring (bicyclic) bond motifs is 1. The minimum atomic E-state index is -0.192. The predicted molar refractivity (Wildman–Crippen MR) is 176 cm³/mol. The van der Waals surface area contributed by atoms with E-state index in [1.807, 2.05) is 30.3 Å². The standard InChI is InChI=1S/C37H41FN2OS/c1-4-7-9-26(6-3)10-11-27-12-21-33(35(38)25-27)34-23-22-32(36-37(34)40-42-39-36)30-15-13-28(14-16-30)29-17-19-31(20-18-29)41-24-8-5-2/h12-23,25-26H,4-11,24H2,1-3H3. The fourth-order valence-corrected chi connectivity index (χ4v) is 6.16. The molecule has 1 atom stereocenters. The summed E-state index contributed by atoms with van der Waals surface area (Å²) in [5, 5.41) is 0. The number of unbranched alkanes of at least 4 members (excludes halogenated alkanes) is 2. The molecule has 0 aliphatic carbocycles. The van der Waals surface area contributed by atoms with E-state index in [0.29, 0.717) is 11.5 Å². The quantitative estimate of drug-likeness (QED) is 0.123. The molecule has 1 heterocycles. The van der Waals surface area contributed by atoms with Crippen LogP contribution in [0.5, 0.6) is 5.75 Å². The van der Waals surface area contributed by atoms with E-state index in [1.54, 1.807) is 6.07 Å². The summed E-state index contributed by atoms with van der Waals surface area (Å²) in [4.78, 5) is 0. The Labute approximate surface area is 254 Å². The van der Waals surface area contributed by atoms with Crippen LogP contribution in [0.25, 0.3) is 44.4 Å². The average Bonchev–Trinajstić information content (AvgIpc) is 3.52. The SMILES string of the molecule is CCCCOc1ccc(-c2ccc(-c3ccc(-c4ccc(CCC(CC)CCCC)cc4F)c4nsnc34)cc2)cc1. The van der Waals surface area contributed by atoms with Crippen molar-refractivity contribution >= 4 is 22.8 Å². The second kappa shape index (κ2) is 14.6. The third kappa shape index (κ3) is 7.07. The van der Waals surface area contributed by atoms with Crippen LogP contribution in [0.1, 0.15) is 71.3 Å². The van der Waals surface area contributed by atoms with Gasteiger partial charge in [0.1, 0.15) is 22.6 Å². The van der Waals surface area contributed by atoms with Crippen molar-refractivity contribution in [3.05, 3.63) is 90.2 Å². The van der Waals surface area contributed by atoms with Gasteiger partial charge in [-0.25, -0.2) is 4.39 Å². The molecule has 0 spiro atoms. The molecule has 0 aliphatic heterocycles. The van der Waals surface area contributed by atoms with Crippen LogP contribution in [0.3, 0.4) is 0 Å². The Morgan fingerprint density at radius 1 is 0.690 bits per heavy atom. The lowest BCUT2D eigenvalue weighted by Gasteiger charge is -2.15. The summed E-state index contributed by atoms with van der Waals surface area (Å²) in [6.45, 7) is 7.42. The molecule has 218 valence electrons. The van der Waals surface area contributed by atoms with Crippen molar-refractivity contribution in [1.29, 1.82) is 0 Å². The van der Waals surface area contributed by atoms with Crippen LogP contribution in [0.15, 0.2) is 78.9 Å². The van der Waals surface area contributed by atoms with Gasteiger partial charge in [-0.2, -0.15) is 8.75 Å². The first-order valence-electron chi connectivity index (χ1n) is 15.5. The summed E-state index contributed by atoms with van der Waals surface area (Å²) < 4.78 is 30.5. The molecule has 5 aromatic rings. The van der Waals surface area contributed by atoms with E-state index in [1.165, 1.54) is 37.4 Å². The molecule has 0 bridgehead atoms. The fourth-order valence-electron chi connectivity index (χ4n) is 5.59.